The number of hydrogen-bond acceptors (Lipinski definition) is 4. The Bertz CT molecular complexity index is 441. The number of hydrogen-bond donors (Lipinski definition) is 3. The molecule has 3 atom stereocenters. The highest BCUT2D eigenvalue weighted by atomic mass is 32.1. The molecule has 124 valence electrons. The van der Waals surface area contributed by atoms with E-state index >= 15 is 0 Å². The smallest absolute Gasteiger partial charge is 0.240 e. The molecule has 0 heterocycles. The Morgan fingerprint density at radius 1 is 1.36 bits per heavy atom. The number of carbonyl (C=O) groups excluding carboxylic acids is 1. The molecule has 3 N–H and O–H groups in total. The molecule has 0 radical (unpaired) electrons. The lowest BCUT2D eigenvalue weighted by Crippen LogP contribution is -2.51. The van der Waals surface area contributed by atoms with Gasteiger partial charge in [0.25, 0.3) is 0 Å². The van der Waals surface area contributed by atoms with Crippen LogP contribution in [0.4, 0.5) is 0 Å². The van der Waals surface area contributed by atoms with Gasteiger partial charge in [-0.15, -0.1) is 0 Å². The molecule has 5 heteroatoms. The molecule has 0 aliphatic rings. The summed E-state index contributed by atoms with van der Waals surface area (Å²) >= 11 is 4.19. The first-order valence-corrected chi connectivity index (χ1v) is 8.51. The van der Waals surface area contributed by atoms with E-state index in [0.29, 0.717) is 18.8 Å². The highest BCUT2D eigenvalue weighted by Crippen LogP contribution is 2.12. The largest absolute Gasteiger partial charge is 0.340 e. The lowest BCUT2D eigenvalue weighted by atomic mass is 9.97. The molecule has 0 aliphatic heterocycles. The molecule has 1 rings (SSSR count). The Labute approximate surface area is 139 Å². The van der Waals surface area contributed by atoms with Crippen LogP contribution in [0.25, 0.3) is 0 Å². The van der Waals surface area contributed by atoms with Crippen LogP contribution in [0.15, 0.2) is 30.3 Å². The van der Waals surface area contributed by atoms with Gasteiger partial charge in [-0.2, -0.15) is 12.6 Å². The first kappa shape index (κ1) is 19.0. The number of nitrogens with zero attached hydrogens (tertiary/aromatic N) is 1. The van der Waals surface area contributed by atoms with Gasteiger partial charge < -0.3 is 16.0 Å². The van der Waals surface area contributed by atoms with Crippen molar-refractivity contribution >= 4 is 18.5 Å². The monoisotopic (exact) mass is 323 g/mol. The van der Waals surface area contributed by atoms with Gasteiger partial charge in [-0.25, -0.2) is 0 Å². The molecule has 1 unspecified atom stereocenters. The Balaban J connectivity index is 2.69. The summed E-state index contributed by atoms with van der Waals surface area (Å²) in [6, 6.07) is 9.78. The molecule has 1 amide bonds. The zero-order valence-corrected chi connectivity index (χ0v) is 14.7. The fourth-order valence-corrected chi connectivity index (χ4v) is 2.41. The summed E-state index contributed by atoms with van der Waals surface area (Å²) in [5.41, 5.74) is 7.03. The molecule has 0 aromatic heterocycles. The van der Waals surface area contributed by atoms with Gasteiger partial charge in [-0.05, 0) is 11.5 Å². The van der Waals surface area contributed by atoms with Crippen LogP contribution >= 0.6 is 12.6 Å². The topological polar surface area (TPSA) is 58.4 Å². The Morgan fingerprint density at radius 3 is 2.55 bits per heavy atom. The second kappa shape index (κ2) is 9.87. The van der Waals surface area contributed by atoms with Crippen LogP contribution in [0, 0.1) is 5.92 Å². The zero-order chi connectivity index (χ0) is 16.5. The molecule has 0 saturated heterocycles. The van der Waals surface area contributed by atoms with Gasteiger partial charge in [-0.3, -0.25) is 4.79 Å². The third-order valence-corrected chi connectivity index (χ3v) is 4.42. The number of likely N-dealkylation sites (N-methyl/N-ethyl adjacent to an activating group) is 1. The van der Waals surface area contributed by atoms with Crippen molar-refractivity contribution in [3.8, 4) is 0 Å². The zero-order valence-electron chi connectivity index (χ0n) is 13.8. The van der Waals surface area contributed by atoms with Crippen molar-refractivity contribution in [1.29, 1.82) is 0 Å². The lowest BCUT2D eigenvalue weighted by Gasteiger charge is -2.29. The van der Waals surface area contributed by atoms with Crippen molar-refractivity contribution in [1.82, 2.24) is 10.2 Å². The van der Waals surface area contributed by atoms with Gasteiger partial charge >= 0.3 is 0 Å². The number of amides is 1. The molecule has 0 spiro atoms. The predicted molar refractivity (Wildman–Crippen MR) is 96.0 cm³/mol. The third kappa shape index (κ3) is 5.99. The molecule has 0 bridgehead atoms. The van der Waals surface area contributed by atoms with Gasteiger partial charge in [0, 0.05) is 31.9 Å². The molecular weight excluding hydrogens is 294 g/mol. The Morgan fingerprint density at radius 2 is 2.00 bits per heavy atom. The lowest BCUT2D eigenvalue weighted by molar-refractivity contribution is -0.134. The second-order valence-corrected chi connectivity index (χ2v) is 6.26. The second-order valence-electron chi connectivity index (χ2n) is 5.89. The standard InChI is InChI=1S/C17H29N3OS/c1-4-13(2)16(19-10-15(18)12-22)17(21)20(3)11-14-8-6-5-7-9-14/h5-9,13,15-16,19,22H,4,10-12,18H2,1-3H3/t13?,15-,16+/m1/s1. The molecule has 1 aromatic carbocycles. The Kier molecular flexibility index (Phi) is 8.53. The number of rotatable bonds is 9. The summed E-state index contributed by atoms with van der Waals surface area (Å²) in [6.07, 6.45) is 0.943. The first-order valence-electron chi connectivity index (χ1n) is 7.88. The van der Waals surface area contributed by atoms with Crippen LogP contribution in [0.1, 0.15) is 25.8 Å². The van der Waals surface area contributed by atoms with Gasteiger partial charge in [0.15, 0.2) is 0 Å². The number of nitrogens with one attached hydrogen (secondary N) is 1. The van der Waals surface area contributed by atoms with Crippen molar-refractivity contribution in [2.24, 2.45) is 11.7 Å². The van der Waals surface area contributed by atoms with Crippen molar-refractivity contribution in [3.05, 3.63) is 35.9 Å². The predicted octanol–water partition coefficient (Wildman–Crippen LogP) is 1.91. The molecule has 0 fully saturated rings. The van der Waals surface area contributed by atoms with Crippen LogP contribution in [0.5, 0.6) is 0 Å². The maximum absolute atomic E-state index is 12.8. The normalized spacial score (nSPS) is 15.1. The molecule has 22 heavy (non-hydrogen) atoms. The Hall–Kier alpha value is -1.04. The number of thiol groups is 1. The fourth-order valence-electron chi connectivity index (χ4n) is 2.28. The molecular formula is C17H29N3OS. The average Bonchev–Trinajstić information content (AvgIpc) is 2.54. The summed E-state index contributed by atoms with van der Waals surface area (Å²) in [4.78, 5) is 14.5. The number of benzene rings is 1. The number of carbonyl (C=O) groups is 1. The maximum Gasteiger partial charge on any atom is 0.240 e. The third-order valence-electron chi connectivity index (χ3n) is 3.95. The quantitative estimate of drug-likeness (QED) is 0.609. The van der Waals surface area contributed by atoms with Gasteiger partial charge in [-0.1, -0.05) is 50.6 Å². The van der Waals surface area contributed by atoms with Crippen molar-refractivity contribution in [2.45, 2.75) is 38.9 Å². The van der Waals surface area contributed by atoms with E-state index in [2.05, 4.69) is 31.8 Å². The van der Waals surface area contributed by atoms with E-state index in [-0.39, 0.29) is 23.9 Å². The minimum atomic E-state index is -0.204. The fraction of sp³-hybridized carbons (Fsp3) is 0.588. The van der Waals surface area contributed by atoms with Crippen LogP contribution in [0.2, 0.25) is 0 Å². The number of nitrogens with two attached hydrogens (primary N) is 1. The van der Waals surface area contributed by atoms with Crippen molar-refractivity contribution < 1.29 is 4.79 Å². The van der Waals surface area contributed by atoms with Crippen LogP contribution < -0.4 is 11.1 Å². The SMILES string of the molecule is CCC(C)[C@H](NC[C@@H](N)CS)C(=O)N(C)Cc1ccccc1. The van der Waals surface area contributed by atoms with E-state index in [1.807, 2.05) is 37.4 Å². The van der Waals surface area contributed by atoms with E-state index in [1.165, 1.54) is 0 Å². The molecule has 0 aliphatic carbocycles. The van der Waals surface area contributed by atoms with E-state index < -0.39 is 0 Å². The summed E-state index contributed by atoms with van der Waals surface area (Å²) in [5, 5.41) is 3.32. The van der Waals surface area contributed by atoms with E-state index in [1.54, 1.807) is 4.90 Å². The molecule has 0 saturated carbocycles. The van der Waals surface area contributed by atoms with Crippen molar-refractivity contribution in [2.75, 3.05) is 19.3 Å². The summed E-state index contributed by atoms with van der Waals surface area (Å²) in [5.74, 6) is 0.983. The van der Waals surface area contributed by atoms with Gasteiger partial charge in [0.2, 0.25) is 5.91 Å². The van der Waals surface area contributed by atoms with E-state index in [9.17, 15) is 4.79 Å². The van der Waals surface area contributed by atoms with Crippen LogP contribution in [-0.2, 0) is 11.3 Å². The summed E-state index contributed by atoms with van der Waals surface area (Å²) < 4.78 is 0. The summed E-state index contributed by atoms with van der Waals surface area (Å²) in [7, 11) is 1.85. The minimum Gasteiger partial charge on any atom is -0.340 e. The molecule has 4 nitrogen and oxygen atoms in total. The highest BCUT2D eigenvalue weighted by Gasteiger charge is 2.26. The molecule has 1 aromatic rings. The van der Waals surface area contributed by atoms with Crippen molar-refractivity contribution in [3.63, 3.8) is 0 Å². The average molecular weight is 324 g/mol. The highest BCUT2D eigenvalue weighted by molar-refractivity contribution is 7.80. The minimum absolute atomic E-state index is 0.0397. The van der Waals surface area contributed by atoms with Gasteiger partial charge in [0.05, 0.1) is 6.04 Å². The van der Waals surface area contributed by atoms with Gasteiger partial charge in [0.1, 0.15) is 0 Å². The van der Waals surface area contributed by atoms with E-state index in [0.717, 1.165) is 12.0 Å². The van der Waals surface area contributed by atoms with Crippen LogP contribution in [0.3, 0.4) is 0 Å². The van der Waals surface area contributed by atoms with Crippen LogP contribution in [-0.4, -0.2) is 42.2 Å². The first-order chi connectivity index (χ1) is 10.5. The summed E-state index contributed by atoms with van der Waals surface area (Å²) in [6.45, 7) is 5.41. The maximum atomic E-state index is 12.8. The van der Waals surface area contributed by atoms with E-state index in [4.69, 9.17) is 5.73 Å².